The summed E-state index contributed by atoms with van der Waals surface area (Å²) in [5.41, 5.74) is 1.03. The Bertz CT molecular complexity index is 330. The number of rotatable bonds is 2. The van der Waals surface area contributed by atoms with E-state index in [4.69, 9.17) is 4.74 Å². The van der Waals surface area contributed by atoms with E-state index in [9.17, 15) is 14.9 Å². The van der Waals surface area contributed by atoms with Gasteiger partial charge in [0.2, 0.25) is 6.04 Å². The normalized spacial score (nSPS) is 24.0. The smallest absolute Gasteiger partial charge is 0.338 e. The highest BCUT2D eigenvalue weighted by Crippen LogP contribution is 2.20. The standard InChI is InChI=1S/C9H11NO4/c1-3-7-5-14-9(11)8(7)4-6(2)10(12)13/h3-4,6H,5H2,1-2H3/b7-3-,8-4+. The number of esters is 1. The lowest BCUT2D eigenvalue weighted by atomic mass is 10.1. The Morgan fingerprint density at radius 1 is 1.64 bits per heavy atom. The molecule has 1 aliphatic heterocycles. The fraction of sp³-hybridized carbons (Fsp3) is 0.444. The lowest BCUT2D eigenvalue weighted by Gasteiger charge is -1.98. The van der Waals surface area contributed by atoms with Crippen molar-refractivity contribution in [2.75, 3.05) is 6.61 Å². The van der Waals surface area contributed by atoms with Crippen molar-refractivity contribution in [3.63, 3.8) is 0 Å². The summed E-state index contributed by atoms with van der Waals surface area (Å²) in [6, 6.07) is -0.870. The molecule has 0 aromatic rings. The number of cyclic esters (lactones) is 1. The number of ether oxygens (including phenoxy) is 1. The Morgan fingerprint density at radius 3 is 2.79 bits per heavy atom. The summed E-state index contributed by atoms with van der Waals surface area (Å²) < 4.78 is 4.75. The van der Waals surface area contributed by atoms with Crippen LogP contribution in [-0.2, 0) is 9.53 Å². The summed E-state index contributed by atoms with van der Waals surface area (Å²) in [6.07, 6.45) is 3.05. The highest BCUT2D eigenvalue weighted by Gasteiger charge is 2.26. The summed E-state index contributed by atoms with van der Waals surface area (Å²) >= 11 is 0. The van der Waals surface area contributed by atoms with Gasteiger partial charge in [0.15, 0.2) is 0 Å². The largest absolute Gasteiger partial charge is 0.457 e. The van der Waals surface area contributed by atoms with Crippen molar-refractivity contribution in [3.05, 3.63) is 33.4 Å². The van der Waals surface area contributed by atoms with Gasteiger partial charge in [-0.25, -0.2) is 4.79 Å². The van der Waals surface area contributed by atoms with E-state index in [2.05, 4.69) is 0 Å². The molecule has 0 N–H and O–H groups in total. The van der Waals surface area contributed by atoms with Gasteiger partial charge < -0.3 is 4.74 Å². The minimum Gasteiger partial charge on any atom is -0.457 e. The Morgan fingerprint density at radius 2 is 2.29 bits per heavy atom. The molecule has 5 heteroatoms. The van der Waals surface area contributed by atoms with Crippen LogP contribution in [0, 0.1) is 10.1 Å². The number of hydrogen-bond acceptors (Lipinski definition) is 4. The van der Waals surface area contributed by atoms with Crippen molar-refractivity contribution < 1.29 is 14.5 Å². The Labute approximate surface area is 81.2 Å². The van der Waals surface area contributed by atoms with Gasteiger partial charge in [-0.2, -0.15) is 0 Å². The zero-order valence-corrected chi connectivity index (χ0v) is 8.02. The average Bonchev–Trinajstić information content (AvgIpc) is 2.47. The summed E-state index contributed by atoms with van der Waals surface area (Å²) in [5, 5.41) is 10.4. The van der Waals surface area contributed by atoms with Gasteiger partial charge in [0, 0.05) is 17.9 Å². The van der Waals surface area contributed by atoms with E-state index in [1.54, 1.807) is 13.0 Å². The summed E-state index contributed by atoms with van der Waals surface area (Å²) in [7, 11) is 0. The molecule has 0 radical (unpaired) electrons. The molecule has 0 aliphatic carbocycles. The number of nitrogens with zero attached hydrogens (tertiary/aromatic N) is 1. The molecule has 0 aromatic heterocycles. The number of allylic oxidation sites excluding steroid dienone is 1. The van der Waals surface area contributed by atoms with Crippen LogP contribution in [0.4, 0.5) is 0 Å². The van der Waals surface area contributed by atoms with Crippen LogP contribution in [0.1, 0.15) is 13.8 Å². The van der Waals surface area contributed by atoms with Crippen LogP contribution in [0.2, 0.25) is 0 Å². The minimum atomic E-state index is -0.870. The maximum absolute atomic E-state index is 11.1. The van der Waals surface area contributed by atoms with E-state index in [1.165, 1.54) is 13.0 Å². The molecular formula is C9H11NO4. The molecule has 0 amide bonds. The zero-order chi connectivity index (χ0) is 10.7. The van der Waals surface area contributed by atoms with E-state index in [0.29, 0.717) is 11.1 Å². The molecule has 1 heterocycles. The molecule has 0 saturated carbocycles. The predicted molar refractivity (Wildman–Crippen MR) is 49.3 cm³/mol. The van der Waals surface area contributed by atoms with Gasteiger partial charge in [0.1, 0.15) is 6.61 Å². The quantitative estimate of drug-likeness (QED) is 0.287. The molecule has 1 fully saturated rings. The highest BCUT2D eigenvalue weighted by molar-refractivity contribution is 5.96. The lowest BCUT2D eigenvalue weighted by Crippen LogP contribution is -2.13. The third-order valence-electron chi connectivity index (χ3n) is 2.01. The number of hydrogen-bond donors (Lipinski definition) is 0. The van der Waals surface area contributed by atoms with Crippen molar-refractivity contribution in [3.8, 4) is 0 Å². The fourth-order valence-corrected chi connectivity index (χ4v) is 1.15. The average molecular weight is 197 g/mol. The van der Waals surface area contributed by atoms with Crippen LogP contribution in [0.5, 0.6) is 0 Å². The molecule has 5 nitrogen and oxygen atoms in total. The second kappa shape index (κ2) is 4.04. The van der Waals surface area contributed by atoms with Gasteiger partial charge in [-0.1, -0.05) is 6.08 Å². The van der Waals surface area contributed by atoms with Crippen molar-refractivity contribution in [2.24, 2.45) is 0 Å². The molecule has 0 spiro atoms. The number of carbonyl (C=O) groups is 1. The zero-order valence-electron chi connectivity index (χ0n) is 8.02. The fourth-order valence-electron chi connectivity index (χ4n) is 1.15. The van der Waals surface area contributed by atoms with Crippen LogP contribution in [0.25, 0.3) is 0 Å². The Hall–Kier alpha value is -1.65. The van der Waals surface area contributed by atoms with Crippen molar-refractivity contribution in [1.82, 2.24) is 0 Å². The molecule has 1 rings (SSSR count). The van der Waals surface area contributed by atoms with Crippen molar-refractivity contribution >= 4 is 5.97 Å². The molecule has 1 atom stereocenters. The molecule has 1 unspecified atom stereocenters. The van der Waals surface area contributed by atoms with Gasteiger partial charge in [0.05, 0.1) is 5.57 Å². The van der Waals surface area contributed by atoms with E-state index >= 15 is 0 Å². The lowest BCUT2D eigenvalue weighted by molar-refractivity contribution is -0.504. The summed E-state index contributed by atoms with van der Waals surface area (Å²) in [6.45, 7) is 3.40. The first kappa shape index (κ1) is 10.4. The van der Waals surface area contributed by atoms with Gasteiger partial charge >= 0.3 is 5.97 Å². The topological polar surface area (TPSA) is 69.4 Å². The van der Waals surface area contributed by atoms with Crippen molar-refractivity contribution in [2.45, 2.75) is 19.9 Å². The molecule has 76 valence electrons. The third kappa shape index (κ3) is 1.99. The van der Waals surface area contributed by atoms with E-state index in [0.717, 1.165) is 0 Å². The van der Waals surface area contributed by atoms with E-state index in [1.807, 2.05) is 0 Å². The molecule has 1 aliphatic rings. The SMILES string of the molecule is C/C=C1/COC(=O)/C1=C/C(C)[N+](=O)[O-]. The molecule has 0 aromatic carbocycles. The highest BCUT2D eigenvalue weighted by atomic mass is 16.6. The second-order valence-corrected chi connectivity index (χ2v) is 3.00. The van der Waals surface area contributed by atoms with Crippen LogP contribution in [0.3, 0.4) is 0 Å². The monoisotopic (exact) mass is 197 g/mol. The summed E-state index contributed by atoms with van der Waals surface area (Å²) in [5.74, 6) is -0.480. The Balaban J connectivity index is 2.94. The van der Waals surface area contributed by atoms with E-state index in [-0.39, 0.29) is 6.61 Å². The first-order valence-corrected chi connectivity index (χ1v) is 4.24. The minimum absolute atomic E-state index is 0.214. The number of carbonyl (C=O) groups excluding carboxylic acids is 1. The maximum atomic E-state index is 11.1. The molecular weight excluding hydrogens is 186 g/mol. The van der Waals surface area contributed by atoms with Crippen LogP contribution in [-0.4, -0.2) is 23.5 Å². The molecule has 1 saturated heterocycles. The number of nitro groups is 1. The van der Waals surface area contributed by atoms with Gasteiger partial charge in [-0.05, 0) is 12.5 Å². The Kier molecular flexibility index (Phi) is 3.01. The van der Waals surface area contributed by atoms with Crippen LogP contribution >= 0.6 is 0 Å². The molecule has 0 bridgehead atoms. The first-order valence-electron chi connectivity index (χ1n) is 4.24. The first-order chi connectivity index (χ1) is 6.56. The van der Waals surface area contributed by atoms with Gasteiger partial charge in [-0.3, -0.25) is 10.1 Å². The van der Waals surface area contributed by atoms with Gasteiger partial charge in [-0.15, -0.1) is 0 Å². The van der Waals surface area contributed by atoms with Crippen LogP contribution in [0.15, 0.2) is 23.3 Å². The maximum Gasteiger partial charge on any atom is 0.338 e. The van der Waals surface area contributed by atoms with Gasteiger partial charge in [0.25, 0.3) is 0 Å². The second-order valence-electron chi connectivity index (χ2n) is 3.00. The van der Waals surface area contributed by atoms with Crippen molar-refractivity contribution in [1.29, 1.82) is 0 Å². The third-order valence-corrected chi connectivity index (χ3v) is 2.01. The van der Waals surface area contributed by atoms with E-state index < -0.39 is 16.9 Å². The summed E-state index contributed by atoms with van der Waals surface area (Å²) in [4.78, 5) is 21.1. The van der Waals surface area contributed by atoms with Crippen LogP contribution < -0.4 is 0 Å². The predicted octanol–water partition coefficient (Wildman–Crippen LogP) is 1.08. The molecule has 14 heavy (non-hydrogen) atoms.